The molecule has 0 aliphatic rings. The van der Waals surface area contributed by atoms with Gasteiger partial charge in [-0.2, -0.15) is 5.26 Å². The zero-order valence-electron chi connectivity index (χ0n) is 6.36. The standard InChI is InChI=1S/C6H11F2NSi/c1-5(4-9)6(2)10(3,7)8/h5-6H,1-3H3. The van der Waals surface area contributed by atoms with Gasteiger partial charge in [-0.3, -0.25) is 8.22 Å². The lowest BCUT2D eigenvalue weighted by Gasteiger charge is -2.17. The summed E-state index contributed by atoms with van der Waals surface area (Å²) in [7, 11) is -4.07. The Balaban J connectivity index is 4.11. The number of halogens is 2. The molecular weight excluding hydrogens is 152 g/mol. The van der Waals surface area contributed by atoms with E-state index in [1.807, 2.05) is 6.07 Å². The number of hydrogen-bond acceptors (Lipinski definition) is 1. The van der Waals surface area contributed by atoms with Gasteiger partial charge in [-0.1, -0.05) is 6.92 Å². The van der Waals surface area contributed by atoms with Gasteiger partial charge in [-0.25, -0.2) is 0 Å². The zero-order chi connectivity index (χ0) is 8.36. The molecule has 0 spiro atoms. The van der Waals surface area contributed by atoms with E-state index < -0.39 is 20.2 Å². The molecule has 0 aliphatic carbocycles. The fraction of sp³-hybridized carbons (Fsp3) is 0.833. The van der Waals surface area contributed by atoms with Gasteiger partial charge in [-0.05, 0) is 13.5 Å². The minimum Gasteiger partial charge on any atom is -0.270 e. The van der Waals surface area contributed by atoms with Crippen molar-refractivity contribution in [3.05, 3.63) is 0 Å². The Morgan fingerprint density at radius 1 is 1.40 bits per heavy atom. The molecule has 0 aromatic rings. The molecule has 0 fully saturated rings. The third kappa shape index (κ3) is 2.44. The summed E-state index contributed by atoms with van der Waals surface area (Å²) < 4.78 is 25.1. The first-order valence-electron chi connectivity index (χ1n) is 3.17. The summed E-state index contributed by atoms with van der Waals surface area (Å²) in [6, 6.07) is 1.83. The molecule has 0 radical (unpaired) electrons. The highest BCUT2D eigenvalue weighted by molar-refractivity contribution is 6.66. The van der Waals surface area contributed by atoms with E-state index in [-0.39, 0.29) is 0 Å². The van der Waals surface area contributed by atoms with Crippen LogP contribution in [0.4, 0.5) is 8.22 Å². The minimum atomic E-state index is -4.07. The number of nitriles is 1. The van der Waals surface area contributed by atoms with E-state index in [0.29, 0.717) is 0 Å². The van der Waals surface area contributed by atoms with Crippen LogP contribution in [0.2, 0.25) is 12.1 Å². The molecule has 0 aliphatic heterocycles. The SMILES string of the molecule is CC(C#N)C(C)[Si](C)(F)F. The van der Waals surface area contributed by atoms with Crippen molar-refractivity contribution in [1.29, 1.82) is 5.26 Å². The van der Waals surface area contributed by atoms with Crippen LogP contribution in [0.1, 0.15) is 13.8 Å². The largest absolute Gasteiger partial charge is 0.426 e. The molecule has 0 rings (SSSR count). The lowest BCUT2D eigenvalue weighted by Crippen LogP contribution is -2.27. The highest BCUT2D eigenvalue weighted by Gasteiger charge is 2.39. The van der Waals surface area contributed by atoms with E-state index in [2.05, 4.69) is 0 Å². The Hall–Kier alpha value is -0.433. The smallest absolute Gasteiger partial charge is 0.270 e. The molecular formula is C6H11F2NSi. The van der Waals surface area contributed by atoms with Gasteiger partial charge in [0.25, 0.3) is 0 Å². The van der Waals surface area contributed by atoms with Gasteiger partial charge in [0.1, 0.15) is 0 Å². The van der Waals surface area contributed by atoms with Gasteiger partial charge in [0.2, 0.25) is 0 Å². The molecule has 10 heavy (non-hydrogen) atoms. The Bertz CT molecular complexity index is 147. The van der Waals surface area contributed by atoms with Crippen molar-refractivity contribution in [2.45, 2.75) is 25.9 Å². The van der Waals surface area contributed by atoms with Gasteiger partial charge < -0.3 is 0 Å². The van der Waals surface area contributed by atoms with Crippen molar-refractivity contribution in [3.8, 4) is 6.07 Å². The molecule has 0 aromatic carbocycles. The molecule has 2 atom stereocenters. The maximum atomic E-state index is 12.5. The Morgan fingerprint density at radius 2 is 1.80 bits per heavy atom. The molecule has 0 aromatic heterocycles. The van der Waals surface area contributed by atoms with Gasteiger partial charge in [0.15, 0.2) is 0 Å². The minimum absolute atomic E-state index is 0.522. The molecule has 4 heteroatoms. The van der Waals surface area contributed by atoms with Gasteiger partial charge in [0, 0.05) is 11.5 Å². The summed E-state index contributed by atoms with van der Waals surface area (Å²) in [4.78, 5) is 0. The van der Waals surface area contributed by atoms with Gasteiger partial charge in [0.05, 0.1) is 6.07 Å². The van der Waals surface area contributed by atoms with Crippen LogP contribution in [0, 0.1) is 17.2 Å². The summed E-state index contributed by atoms with van der Waals surface area (Å²) in [5.41, 5.74) is -0.725. The molecule has 0 N–H and O–H groups in total. The van der Waals surface area contributed by atoms with E-state index >= 15 is 0 Å². The number of hydrogen-bond donors (Lipinski definition) is 0. The lowest BCUT2D eigenvalue weighted by atomic mass is 10.1. The van der Waals surface area contributed by atoms with E-state index in [1.165, 1.54) is 13.8 Å². The van der Waals surface area contributed by atoms with E-state index in [4.69, 9.17) is 5.26 Å². The van der Waals surface area contributed by atoms with Crippen LogP contribution in [0.15, 0.2) is 0 Å². The summed E-state index contributed by atoms with van der Waals surface area (Å²) >= 11 is 0. The molecule has 0 saturated heterocycles. The van der Waals surface area contributed by atoms with E-state index in [0.717, 1.165) is 6.55 Å². The van der Waals surface area contributed by atoms with Crippen LogP contribution >= 0.6 is 0 Å². The average molecular weight is 163 g/mol. The molecule has 0 heterocycles. The van der Waals surface area contributed by atoms with Crippen LogP contribution in [0.25, 0.3) is 0 Å². The average Bonchev–Trinajstić information content (AvgIpc) is 1.83. The zero-order valence-corrected chi connectivity index (χ0v) is 7.36. The molecule has 58 valence electrons. The quantitative estimate of drug-likeness (QED) is 0.453. The van der Waals surface area contributed by atoms with Crippen LogP contribution < -0.4 is 0 Å². The molecule has 1 nitrogen and oxygen atoms in total. The normalized spacial score (nSPS) is 17.6. The van der Waals surface area contributed by atoms with Crippen molar-refractivity contribution in [2.75, 3.05) is 0 Å². The van der Waals surface area contributed by atoms with Crippen LogP contribution in [-0.4, -0.2) is 8.74 Å². The van der Waals surface area contributed by atoms with Crippen LogP contribution in [-0.2, 0) is 0 Å². The first-order chi connectivity index (χ1) is 4.39. The first-order valence-corrected chi connectivity index (χ1v) is 5.50. The van der Waals surface area contributed by atoms with Crippen molar-refractivity contribution < 1.29 is 8.22 Å². The summed E-state index contributed by atoms with van der Waals surface area (Å²) in [5.74, 6) is -0.522. The van der Waals surface area contributed by atoms with Crippen LogP contribution in [0.3, 0.4) is 0 Å². The van der Waals surface area contributed by atoms with E-state index in [1.54, 1.807) is 0 Å². The second-order valence-electron chi connectivity index (χ2n) is 2.66. The summed E-state index contributed by atoms with van der Waals surface area (Å²) in [6.45, 7) is 3.96. The Labute approximate surface area is 61.0 Å². The molecule has 0 amide bonds. The number of nitrogens with zero attached hydrogens (tertiary/aromatic N) is 1. The number of rotatable bonds is 2. The van der Waals surface area contributed by atoms with Crippen molar-refractivity contribution in [3.63, 3.8) is 0 Å². The predicted molar refractivity (Wildman–Crippen MR) is 38.0 cm³/mol. The maximum absolute atomic E-state index is 12.5. The Kier molecular flexibility index (Phi) is 2.97. The molecule has 0 bridgehead atoms. The van der Waals surface area contributed by atoms with Crippen molar-refractivity contribution in [1.82, 2.24) is 0 Å². The first kappa shape index (κ1) is 9.57. The monoisotopic (exact) mass is 163 g/mol. The van der Waals surface area contributed by atoms with Gasteiger partial charge >= 0.3 is 8.74 Å². The van der Waals surface area contributed by atoms with E-state index in [9.17, 15) is 8.22 Å². The second-order valence-corrected chi connectivity index (χ2v) is 5.49. The molecule has 2 unspecified atom stereocenters. The highest BCUT2D eigenvalue weighted by Crippen LogP contribution is 2.30. The molecule has 0 saturated carbocycles. The lowest BCUT2D eigenvalue weighted by molar-refractivity contribution is 0.524. The van der Waals surface area contributed by atoms with Crippen molar-refractivity contribution >= 4 is 8.74 Å². The second kappa shape index (κ2) is 3.11. The third-order valence-corrected chi connectivity index (χ3v) is 3.85. The third-order valence-electron chi connectivity index (χ3n) is 1.75. The topological polar surface area (TPSA) is 23.8 Å². The highest BCUT2D eigenvalue weighted by atomic mass is 28.4. The maximum Gasteiger partial charge on any atom is 0.426 e. The fourth-order valence-electron chi connectivity index (χ4n) is 0.551. The van der Waals surface area contributed by atoms with Gasteiger partial charge in [-0.15, -0.1) is 0 Å². The summed E-state index contributed by atoms with van der Waals surface area (Å²) in [5, 5.41) is 8.31. The fourth-order valence-corrected chi connectivity index (χ4v) is 1.50. The van der Waals surface area contributed by atoms with Crippen molar-refractivity contribution in [2.24, 2.45) is 5.92 Å². The van der Waals surface area contributed by atoms with Crippen LogP contribution in [0.5, 0.6) is 0 Å². The predicted octanol–water partition coefficient (Wildman–Crippen LogP) is 2.55. The summed E-state index contributed by atoms with van der Waals surface area (Å²) in [6.07, 6.45) is 0. The Morgan fingerprint density at radius 3 is 1.90 bits per heavy atom.